The van der Waals surface area contributed by atoms with Crippen LogP contribution in [0.5, 0.6) is 0 Å². The van der Waals surface area contributed by atoms with E-state index in [1.807, 2.05) is 45.0 Å². The van der Waals surface area contributed by atoms with Gasteiger partial charge in [-0.2, -0.15) is 9.57 Å². The molecule has 2 aromatic carbocycles. The van der Waals surface area contributed by atoms with E-state index in [9.17, 15) is 13.2 Å². The highest BCUT2D eigenvalue weighted by Crippen LogP contribution is 2.21. The molecule has 3 rings (SSSR count). The van der Waals surface area contributed by atoms with Crippen molar-refractivity contribution >= 4 is 15.9 Å². The number of hydrogen-bond acceptors (Lipinski definition) is 4. The van der Waals surface area contributed by atoms with E-state index >= 15 is 0 Å². The molecule has 0 bridgehead atoms. The molecule has 1 saturated heterocycles. The average Bonchev–Trinajstić information content (AvgIpc) is 2.75. The first kappa shape index (κ1) is 21.6. The minimum atomic E-state index is -3.65. The van der Waals surface area contributed by atoms with Gasteiger partial charge < -0.3 is 4.90 Å². The molecule has 1 aliphatic heterocycles. The molecule has 148 valence electrons. The Morgan fingerprint density at radius 3 is 2.18 bits per heavy atom. The molecule has 1 aliphatic rings. The monoisotopic (exact) mass is 399 g/mol. The van der Waals surface area contributed by atoms with E-state index in [2.05, 4.69) is 0 Å². The van der Waals surface area contributed by atoms with Crippen LogP contribution < -0.4 is 0 Å². The molecule has 1 unspecified atom stereocenters. The van der Waals surface area contributed by atoms with Crippen LogP contribution in [0.1, 0.15) is 36.7 Å². The first-order chi connectivity index (χ1) is 13.4. The zero-order chi connectivity index (χ0) is 20.7. The predicted molar refractivity (Wildman–Crippen MR) is 108 cm³/mol. The summed E-state index contributed by atoms with van der Waals surface area (Å²) in [7, 11) is -3.65. The third-order valence-electron chi connectivity index (χ3n) is 4.49. The number of benzene rings is 2. The van der Waals surface area contributed by atoms with Gasteiger partial charge in [-0.05, 0) is 43.3 Å². The number of piperazine rings is 1. The Morgan fingerprint density at radius 1 is 1.04 bits per heavy atom. The Bertz CT molecular complexity index is 935. The summed E-state index contributed by atoms with van der Waals surface area (Å²) in [6, 6.07) is 16.6. The minimum absolute atomic E-state index is 0.0893. The number of rotatable bonds is 3. The number of sulfonamides is 1. The molecule has 1 fully saturated rings. The van der Waals surface area contributed by atoms with Crippen molar-refractivity contribution in [3.8, 4) is 6.07 Å². The molecule has 0 spiro atoms. The Hall–Kier alpha value is -2.69. The Balaban J connectivity index is 0.00000136. The van der Waals surface area contributed by atoms with Gasteiger partial charge in [-0.1, -0.05) is 32.0 Å². The second kappa shape index (κ2) is 9.49. The van der Waals surface area contributed by atoms with Gasteiger partial charge in [0, 0.05) is 31.2 Å². The first-order valence-electron chi connectivity index (χ1n) is 9.30. The molecule has 1 atom stereocenters. The molecule has 28 heavy (non-hydrogen) atoms. The number of carbonyl (C=O) groups excluding carboxylic acids is 1. The van der Waals surface area contributed by atoms with Crippen molar-refractivity contribution in [2.45, 2.75) is 31.7 Å². The van der Waals surface area contributed by atoms with Gasteiger partial charge >= 0.3 is 0 Å². The summed E-state index contributed by atoms with van der Waals surface area (Å²) in [5, 5.41) is 8.84. The van der Waals surface area contributed by atoms with Gasteiger partial charge in [-0.15, -0.1) is 0 Å². The fraction of sp³-hybridized carbons (Fsp3) is 0.333. The zero-order valence-corrected chi connectivity index (χ0v) is 17.2. The number of hydrogen-bond donors (Lipinski definition) is 0. The molecule has 0 radical (unpaired) electrons. The van der Waals surface area contributed by atoms with E-state index in [-0.39, 0.29) is 29.9 Å². The molecule has 0 aromatic heterocycles. The van der Waals surface area contributed by atoms with E-state index in [0.29, 0.717) is 17.7 Å². The van der Waals surface area contributed by atoms with Crippen molar-refractivity contribution in [1.82, 2.24) is 9.21 Å². The number of nitrogens with zero attached hydrogens (tertiary/aromatic N) is 3. The average molecular weight is 400 g/mol. The second-order valence-electron chi connectivity index (χ2n) is 6.21. The largest absolute Gasteiger partial charge is 0.333 e. The highest BCUT2D eigenvalue weighted by molar-refractivity contribution is 7.89. The normalized spacial score (nSPS) is 17.2. The van der Waals surface area contributed by atoms with E-state index in [0.717, 1.165) is 0 Å². The summed E-state index contributed by atoms with van der Waals surface area (Å²) in [4.78, 5) is 14.5. The van der Waals surface area contributed by atoms with E-state index < -0.39 is 10.0 Å². The van der Waals surface area contributed by atoms with Crippen LogP contribution in [0.3, 0.4) is 0 Å². The lowest BCUT2D eigenvalue weighted by atomic mass is 10.1. The number of amides is 1. The third-order valence-corrected chi connectivity index (χ3v) is 6.37. The van der Waals surface area contributed by atoms with Crippen LogP contribution in [0, 0.1) is 11.3 Å². The Morgan fingerprint density at radius 2 is 1.64 bits per heavy atom. The van der Waals surface area contributed by atoms with E-state index in [1.54, 1.807) is 17.0 Å². The van der Waals surface area contributed by atoms with Crippen molar-refractivity contribution in [3.05, 3.63) is 65.7 Å². The summed E-state index contributed by atoms with van der Waals surface area (Å²) in [5.41, 5.74) is 1.01. The summed E-state index contributed by atoms with van der Waals surface area (Å²) in [6.07, 6.45) is 0. The van der Waals surface area contributed by atoms with Gasteiger partial charge in [0.1, 0.15) is 0 Å². The van der Waals surface area contributed by atoms with Crippen LogP contribution in [0.2, 0.25) is 0 Å². The second-order valence-corrected chi connectivity index (χ2v) is 8.15. The Labute approximate surface area is 167 Å². The SMILES string of the molecule is CC.CC1CN(S(=O)(=O)c2ccc(C#N)cc2)CCN1C(=O)c1ccccc1. The summed E-state index contributed by atoms with van der Waals surface area (Å²) in [6.45, 7) is 6.66. The zero-order valence-electron chi connectivity index (χ0n) is 16.4. The summed E-state index contributed by atoms with van der Waals surface area (Å²) in [5.74, 6) is -0.0893. The first-order valence-corrected chi connectivity index (χ1v) is 10.7. The maximum absolute atomic E-state index is 12.8. The highest BCUT2D eigenvalue weighted by Gasteiger charge is 2.34. The molecule has 0 N–H and O–H groups in total. The minimum Gasteiger partial charge on any atom is -0.333 e. The summed E-state index contributed by atoms with van der Waals surface area (Å²) < 4.78 is 27.0. The van der Waals surface area contributed by atoms with Crippen LogP contribution in [0.15, 0.2) is 59.5 Å². The van der Waals surface area contributed by atoms with Gasteiger partial charge in [-0.3, -0.25) is 4.79 Å². The maximum Gasteiger partial charge on any atom is 0.254 e. The molecule has 2 aromatic rings. The molecule has 0 aliphatic carbocycles. The predicted octanol–water partition coefficient (Wildman–Crippen LogP) is 3.12. The van der Waals surface area contributed by atoms with Crippen LogP contribution in [0.25, 0.3) is 0 Å². The van der Waals surface area contributed by atoms with Crippen molar-refractivity contribution in [2.75, 3.05) is 19.6 Å². The van der Waals surface area contributed by atoms with Crippen molar-refractivity contribution < 1.29 is 13.2 Å². The number of carbonyl (C=O) groups is 1. The highest BCUT2D eigenvalue weighted by atomic mass is 32.2. The quantitative estimate of drug-likeness (QED) is 0.794. The lowest BCUT2D eigenvalue weighted by Crippen LogP contribution is -2.55. The molecule has 1 amide bonds. The third kappa shape index (κ3) is 4.58. The van der Waals surface area contributed by atoms with E-state index in [4.69, 9.17) is 5.26 Å². The fourth-order valence-corrected chi connectivity index (χ4v) is 4.55. The van der Waals surface area contributed by atoms with Crippen molar-refractivity contribution in [1.29, 1.82) is 5.26 Å². The lowest BCUT2D eigenvalue weighted by Gasteiger charge is -2.39. The van der Waals surface area contributed by atoms with Gasteiger partial charge in [0.2, 0.25) is 10.0 Å². The van der Waals surface area contributed by atoms with E-state index in [1.165, 1.54) is 28.6 Å². The lowest BCUT2D eigenvalue weighted by molar-refractivity contribution is 0.0591. The van der Waals surface area contributed by atoms with Gasteiger partial charge in [0.15, 0.2) is 0 Å². The van der Waals surface area contributed by atoms with Gasteiger partial charge in [-0.25, -0.2) is 8.42 Å². The van der Waals surface area contributed by atoms with Crippen LogP contribution in [-0.4, -0.2) is 49.2 Å². The molecule has 6 nitrogen and oxygen atoms in total. The van der Waals surface area contributed by atoms with Gasteiger partial charge in [0.25, 0.3) is 5.91 Å². The molecular weight excluding hydrogens is 374 g/mol. The van der Waals surface area contributed by atoms with Crippen LogP contribution in [0.4, 0.5) is 0 Å². The molecule has 0 saturated carbocycles. The molecule has 7 heteroatoms. The van der Waals surface area contributed by atoms with Crippen molar-refractivity contribution in [2.24, 2.45) is 0 Å². The van der Waals surface area contributed by atoms with Crippen LogP contribution >= 0.6 is 0 Å². The molecular formula is C21H25N3O3S. The van der Waals surface area contributed by atoms with Crippen molar-refractivity contribution in [3.63, 3.8) is 0 Å². The standard InChI is InChI=1S/C19H19N3O3S.C2H6/c1-15-14-21(26(24,25)18-9-7-16(13-20)8-10-18)11-12-22(15)19(23)17-5-3-2-4-6-17;1-2/h2-10,15H,11-12,14H2,1H3;1-2H3. The maximum atomic E-state index is 12.8. The fourth-order valence-electron chi connectivity index (χ4n) is 3.04. The molecule has 1 heterocycles. The van der Waals surface area contributed by atoms with Crippen LogP contribution in [-0.2, 0) is 10.0 Å². The summed E-state index contributed by atoms with van der Waals surface area (Å²) >= 11 is 0. The topological polar surface area (TPSA) is 81.5 Å². The van der Waals surface area contributed by atoms with Gasteiger partial charge in [0.05, 0.1) is 16.5 Å². The Kier molecular flexibility index (Phi) is 7.32. The smallest absolute Gasteiger partial charge is 0.254 e. The number of nitriles is 1.